The lowest BCUT2D eigenvalue weighted by molar-refractivity contribution is 0.205. The number of anilines is 2. The van der Waals surface area contributed by atoms with Crippen molar-refractivity contribution in [2.75, 3.05) is 43.4 Å². The van der Waals surface area contributed by atoms with E-state index >= 15 is 0 Å². The van der Waals surface area contributed by atoms with Crippen molar-refractivity contribution >= 4 is 23.3 Å². The van der Waals surface area contributed by atoms with E-state index in [1.165, 1.54) is 4.68 Å². The van der Waals surface area contributed by atoms with Crippen molar-refractivity contribution in [1.29, 1.82) is 0 Å². The lowest BCUT2D eigenvalue weighted by atomic mass is 10.2. The Kier molecular flexibility index (Phi) is 7.07. The quantitative estimate of drug-likeness (QED) is 0.654. The normalized spacial score (nSPS) is 18.0. The highest BCUT2D eigenvalue weighted by molar-refractivity contribution is 7.97. The lowest BCUT2D eigenvalue weighted by Gasteiger charge is -2.36. The molecule has 1 saturated heterocycles. The molecule has 1 saturated carbocycles. The Labute approximate surface area is 188 Å². The smallest absolute Gasteiger partial charge is 0.316 e. The molecule has 1 aromatic heterocycles. The van der Waals surface area contributed by atoms with Gasteiger partial charge in [0.1, 0.15) is 5.69 Å². The summed E-state index contributed by atoms with van der Waals surface area (Å²) in [6.07, 6.45) is 6.27. The van der Waals surface area contributed by atoms with Gasteiger partial charge in [0, 0.05) is 44.2 Å². The van der Waals surface area contributed by atoms with Gasteiger partial charge in [0.2, 0.25) is 5.75 Å². The molecule has 0 unspecified atom stereocenters. The number of benzene rings is 1. The Morgan fingerprint density at radius 2 is 1.77 bits per heavy atom. The average Bonchev–Trinajstić information content (AvgIpc) is 3.29. The van der Waals surface area contributed by atoms with Crippen LogP contribution < -0.4 is 20.5 Å². The largest absolute Gasteiger partial charge is 0.483 e. The van der Waals surface area contributed by atoms with Crippen LogP contribution in [0.3, 0.4) is 0 Å². The molecule has 2 heterocycles. The molecule has 1 aliphatic carbocycles. The number of nitrogens with one attached hydrogen (secondary N) is 1. The third-order valence-corrected chi connectivity index (χ3v) is 6.93. The van der Waals surface area contributed by atoms with Crippen LogP contribution in [0.5, 0.6) is 5.75 Å². The minimum atomic E-state index is -0.180. The molecule has 168 valence electrons. The number of hydrogen-bond donors (Lipinski definition) is 1. The van der Waals surface area contributed by atoms with E-state index < -0.39 is 0 Å². The van der Waals surface area contributed by atoms with Crippen LogP contribution in [-0.2, 0) is 0 Å². The third kappa shape index (κ3) is 5.18. The number of nitrogens with zero attached hydrogens (tertiary/aromatic N) is 4. The Hall–Kier alpha value is -2.19. The van der Waals surface area contributed by atoms with Crippen LogP contribution in [0.2, 0.25) is 0 Å². The van der Waals surface area contributed by atoms with E-state index in [-0.39, 0.29) is 11.7 Å². The predicted molar refractivity (Wildman–Crippen MR) is 129 cm³/mol. The number of ether oxygens (including phenoxy) is 1. The molecule has 1 aromatic carbocycles. The first-order valence-electron chi connectivity index (χ1n) is 11.3. The number of rotatable bonds is 7. The van der Waals surface area contributed by atoms with Crippen LogP contribution in [0.4, 0.5) is 11.4 Å². The molecule has 0 radical (unpaired) electrons. The molecule has 0 spiro atoms. The SMILES string of the molecule is CNc1ccc(-n2ncc(N3CCN(SC(C)C)CC3)c(OC3CCCC3)c2=O)cc1. The maximum atomic E-state index is 13.5. The minimum absolute atomic E-state index is 0.117. The van der Waals surface area contributed by atoms with Gasteiger partial charge < -0.3 is 15.0 Å². The van der Waals surface area contributed by atoms with Crippen molar-refractivity contribution in [3.05, 3.63) is 40.8 Å². The summed E-state index contributed by atoms with van der Waals surface area (Å²) in [5.74, 6) is 0.449. The zero-order valence-electron chi connectivity index (χ0n) is 18.7. The van der Waals surface area contributed by atoms with E-state index in [2.05, 4.69) is 33.5 Å². The van der Waals surface area contributed by atoms with Crippen LogP contribution in [0.1, 0.15) is 39.5 Å². The highest BCUT2D eigenvalue weighted by Gasteiger charge is 2.27. The van der Waals surface area contributed by atoms with E-state index in [0.29, 0.717) is 11.0 Å². The summed E-state index contributed by atoms with van der Waals surface area (Å²) >= 11 is 1.90. The summed E-state index contributed by atoms with van der Waals surface area (Å²) in [5.41, 5.74) is 2.38. The van der Waals surface area contributed by atoms with E-state index in [4.69, 9.17) is 4.74 Å². The molecule has 1 N–H and O–H groups in total. The Bertz CT molecular complexity index is 917. The fraction of sp³-hybridized carbons (Fsp3) is 0.565. The van der Waals surface area contributed by atoms with Gasteiger partial charge in [-0.25, -0.2) is 4.31 Å². The van der Waals surface area contributed by atoms with Crippen molar-refractivity contribution in [3.63, 3.8) is 0 Å². The van der Waals surface area contributed by atoms with Crippen LogP contribution in [0.25, 0.3) is 5.69 Å². The van der Waals surface area contributed by atoms with Gasteiger partial charge in [-0.1, -0.05) is 25.8 Å². The highest BCUT2D eigenvalue weighted by Crippen LogP contribution is 2.31. The summed E-state index contributed by atoms with van der Waals surface area (Å²) < 4.78 is 10.2. The first-order chi connectivity index (χ1) is 15.0. The van der Waals surface area contributed by atoms with Gasteiger partial charge in [-0.05, 0) is 49.9 Å². The molecule has 2 fully saturated rings. The summed E-state index contributed by atoms with van der Waals surface area (Å²) in [6.45, 7) is 8.08. The molecule has 0 bridgehead atoms. The fourth-order valence-electron chi connectivity index (χ4n) is 4.22. The van der Waals surface area contributed by atoms with Gasteiger partial charge in [-0.2, -0.15) is 9.78 Å². The molecule has 1 aliphatic heterocycles. The van der Waals surface area contributed by atoms with Crippen LogP contribution in [0, 0.1) is 0 Å². The van der Waals surface area contributed by atoms with Crippen molar-refractivity contribution in [3.8, 4) is 11.4 Å². The standard InChI is InChI=1S/C23H33N5O2S/c1-17(2)31-27-14-12-26(13-15-27)21-16-25-28(19-10-8-18(24-3)9-11-19)23(29)22(21)30-20-6-4-5-7-20/h8-11,16-17,20,24H,4-7,12-15H2,1-3H3. The second-order valence-corrected chi connectivity index (χ2v) is 10.1. The van der Waals surface area contributed by atoms with Crippen LogP contribution in [0.15, 0.2) is 35.3 Å². The number of piperazine rings is 1. The number of hydrogen-bond acceptors (Lipinski definition) is 7. The van der Waals surface area contributed by atoms with Crippen LogP contribution >= 0.6 is 11.9 Å². The summed E-state index contributed by atoms with van der Waals surface area (Å²) in [6, 6.07) is 7.70. The molecular formula is C23H33N5O2S. The minimum Gasteiger partial charge on any atom is -0.483 e. The third-order valence-electron chi connectivity index (χ3n) is 5.84. The summed E-state index contributed by atoms with van der Waals surface area (Å²) in [4.78, 5) is 15.8. The zero-order valence-corrected chi connectivity index (χ0v) is 19.5. The highest BCUT2D eigenvalue weighted by atomic mass is 32.2. The van der Waals surface area contributed by atoms with Gasteiger partial charge in [0.25, 0.3) is 0 Å². The number of aromatic nitrogens is 2. The van der Waals surface area contributed by atoms with Gasteiger partial charge in [-0.3, -0.25) is 4.79 Å². The van der Waals surface area contributed by atoms with E-state index in [0.717, 1.165) is 68.9 Å². The predicted octanol–water partition coefficient (Wildman–Crippen LogP) is 3.77. The van der Waals surface area contributed by atoms with Gasteiger partial charge in [0.15, 0.2) is 0 Å². The molecule has 2 aliphatic rings. The van der Waals surface area contributed by atoms with E-state index in [9.17, 15) is 4.79 Å². The van der Waals surface area contributed by atoms with E-state index in [1.54, 1.807) is 0 Å². The van der Waals surface area contributed by atoms with Crippen molar-refractivity contribution in [1.82, 2.24) is 14.1 Å². The summed E-state index contributed by atoms with van der Waals surface area (Å²) in [5, 5.41) is 8.20. The van der Waals surface area contributed by atoms with Crippen molar-refractivity contribution in [2.45, 2.75) is 50.9 Å². The Morgan fingerprint density at radius 3 is 2.39 bits per heavy atom. The van der Waals surface area contributed by atoms with Gasteiger partial charge in [-0.15, -0.1) is 0 Å². The fourth-order valence-corrected chi connectivity index (χ4v) is 5.19. The first-order valence-corrected chi connectivity index (χ1v) is 12.1. The maximum absolute atomic E-state index is 13.5. The Balaban J connectivity index is 1.63. The van der Waals surface area contributed by atoms with Crippen molar-refractivity contribution < 1.29 is 4.74 Å². The van der Waals surface area contributed by atoms with Gasteiger partial charge >= 0.3 is 5.56 Å². The van der Waals surface area contributed by atoms with Crippen molar-refractivity contribution in [2.24, 2.45) is 0 Å². The molecular weight excluding hydrogens is 410 g/mol. The molecule has 8 heteroatoms. The Morgan fingerprint density at radius 1 is 1.10 bits per heavy atom. The molecule has 2 aromatic rings. The molecule has 0 atom stereocenters. The topological polar surface area (TPSA) is 62.6 Å². The maximum Gasteiger partial charge on any atom is 0.316 e. The van der Waals surface area contributed by atoms with Crippen LogP contribution in [-0.4, -0.2) is 58.7 Å². The second-order valence-electron chi connectivity index (χ2n) is 8.47. The van der Waals surface area contributed by atoms with E-state index in [1.807, 2.05) is 49.5 Å². The lowest BCUT2D eigenvalue weighted by Crippen LogP contribution is -2.45. The molecule has 4 rings (SSSR count). The second kappa shape index (κ2) is 9.96. The van der Waals surface area contributed by atoms with Gasteiger partial charge in [0.05, 0.1) is 18.0 Å². The summed E-state index contributed by atoms with van der Waals surface area (Å²) in [7, 11) is 1.88. The average molecular weight is 444 g/mol. The monoisotopic (exact) mass is 443 g/mol. The first kappa shape index (κ1) is 22.0. The molecule has 31 heavy (non-hydrogen) atoms. The molecule has 0 amide bonds. The zero-order chi connectivity index (χ0) is 21.8. The molecule has 7 nitrogen and oxygen atoms in total.